The minimum Gasteiger partial charge on any atom is -0.490 e. The summed E-state index contributed by atoms with van der Waals surface area (Å²) in [6, 6.07) is 12.7. The van der Waals surface area contributed by atoms with Gasteiger partial charge < -0.3 is 19.7 Å². The van der Waals surface area contributed by atoms with E-state index in [-0.39, 0.29) is 12.5 Å². The Morgan fingerprint density at radius 2 is 1.82 bits per heavy atom. The smallest absolute Gasteiger partial charge is 0.325 e. The highest BCUT2D eigenvalue weighted by Crippen LogP contribution is 2.32. The minimum atomic E-state index is -0.565. The summed E-state index contributed by atoms with van der Waals surface area (Å²) in [4.78, 5) is 26.6. The first-order valence-corrected chi connectivity index (χ1v) is 9.52. The fourth-order valence-electron chi connectivity index (χ4n) is 3.52. The van der Waals surface area contributed by atoms with Crippen molar-refractivity contribution in [1.82, 2.24) is 5.32 Å². The monoisotopic (exact) mass is 381 g/mol. The van der Waals surface area contributed by atoms with E-state index in [1.54, 1.807) is 18.2 Å². The molecule has 2 heterocycles. The molecule has 0 bridgehead atoms. The van der Waals surface area contributed by atoms with Gasteiger partial charge in [-0.1, -0.05) is 18.2 Å². The van der Waals surface area contributed by atoms with E-state index in [4.69, 9.17) is 9.47 Å². The summed E-state index contributed by atoms with van der Waals surface area (Å²) in [5.74, 6) is 0.901. The van der Waals surface area contributed by atoms with Gasteiger partial charge in [0.05, 0.1) is 19.8 Å². The Balaban J connectivity index is 1.34. The number of anilines is 2. The van der Waals surface area contributed by atoms with Gasteiger partial charge in [-0.2, -0.15) is 0 Å². The summed E-state index contributed by atoms with van der Waals surface area (Å²) in [6.07, 6.45) is 2.82. The maximum atomic E-state index is 12.3. The van der Waals surface area contributed by atoms with Crippen LogP contribution in [0.5, 0.6) is 11.5 Å². The number of fused-ring (bicyclic) bond motifs is 2. The Labute approximate surface area is 163 Å². The average molecular weight is 381 g/mol. The van der Waals surface area contributed by atoms with Gasteiger partial charge in [0, 0.05) is 30.4 Å². The number of aryl methyl sites for hydroxylation is 1. The van der Waals surface area contributed by atoms with Gasteiger partial charge in [0.25, 0.3) is 0 Å². The molecule has 0 spiro atoms. The third-order valence-electron chi connectivity index (χ3n) is 4.80. The molecule has 0 fully saturated rings. The van der Waals surface area contributed by atoms with Crippen LogP contribution in [-0.2, 0) is 11.2 Å². The lowest BCUT2D eigenvalue weighted by molar-refractivity contribution is -0.118. The number of benzene rings is 2. The van der Waals surface area contributed by atoms with Crippen molar-refractivity contribution in [1.29, 1.82) is 0 Å². The van der Waals surface area contributed by atoms with Gasteiger partial charge in [0.15, 0.2) is 11.5 Å². The first-order chi connectivity index (χ1) is 13.7. The van der Waals surface area contributed by atoms with Crippen LogP contribution in [0.2, 0.25) is 0 Å². The fraction of sp³-hybridized carbons (Fsp3) is 0.333. The second kappa shape index (κ2) is 8.21. The molecule has 0 unspecified atom stereocenters. The van der Waals surface area contributed by atoms with Gasteiger partial charge in [-0.15, -0.1) is 0 Å². The molecule has 0 saturated carbocycles. The third kappa shape index (κ3) is 4.19. The van der Waals surface area contributed by atoms with Crippen LogP contribution in [0.15, 0.2) is 42.5 Å². The first kappa shape index (κ1) is 18.2. The van der Waals surface area contributed by atoms with Crippen LogP contribution in [-0.4, -0.2) is 38.2 Å². The van der Waals surface area contributed by atoms with E-state index >= 15 is 0 Å². The van der Waals surface area contributed by atoms with Gasteiger partial charge in [-0.3, -0.25) is 10.1 Å². The summed E-state index contributed by atoms with van der Waals surface area (Å²) in [5.41, 5.74) is 2.84. The summed E-state index contributed by atoms with van der Waals surface area (Å²) in [7, 11) is 0. The van der Waals surface area contributed by atoms with E-state index in [9.17, 15) is 9.59 Å². The molecule has 2 N–H and O–H groups in total. The van der Waals surface area contributed by atoms with Crippen molar-refractivity contribution in [3.8, 4) is 11.5 Å². The number of imide groups is 1. The number of para-hydroxylation sites is 1. The quantitative estimate of drug-likeness (QED) is 0.855. The Morgan fingerprint density at radius 1 is 1.00 bits per heavy atom. The van der Waals surface area contributed by atoms with Crippen LogP contribution < -0.4 is 25.0 Å². The topological polar surface area (TPSA) is 79.9 Å². The van der Waals surface area contributed by atoms with Gasteiger partial charge in [0.2, 0.25) is 5.91 Å². The van der Waals surface area contributed by atoms with Gasteiger partial charge in [-0.25, -0.2) is 4.79 Å². The standard InChI is InChI=1S/C21H23N3O4/c25-20(14-24-10-3-6-15-5-1-2-7-17(15)24)23-21(26)22-16-8-9-18-19(13-16)28-12-4-11-27-18/h1-2,5,7-9,13H,3-4,6,10-12,14H2,(H2,22,23,25,26). The van der Waals surface area contributed by atoms with E-state index in [0.717, 1.165) is 31.5 Å². The Hall–Kier alpha value is -3.22. The van der Waals surface area contributed by atoms with Crippen LogP contribution >= 0.6 is 0 Å². The van der Waals surface area contributed by atoms with E-state index in [2.05, 4.69) is 16.7 Å². The van der Waals surface area contributed by atoms with Gasteiger partial charge in [0.1, 0.15) is 0 Å². The normalized spacial score (nSPS) is 15.2. The fourth-order valence-corrected chi connectivity index (χ4v) is 3.52. The lowest BCUT2D eigenvalue weighted by Crippen LogP contribution is -2.43. The maximum absolute atomic E-state index is 12.3. The number of hydrogen-bond donors (Lipinski definition) is 2. The van der Waals surface area contributed by atoms with E-state index in [1.165, 1.54) is 5.56 Å². The van der Waals surface area contributed by atoms with Crippen molar-refractivity contribution >= 4 is 23.3 Å². The van der Waals surface area contributed by atoms with Crippen molar-refractivity contribution in [2.24, 2.45) is 0 Å². The highest BCUT2D eigenvalue weighted by molar-refractivity contribution is 6.02. The molecule has 2 aliphatic heterocycles. The molecule has 28 heavy (non-hydrogen) atoms. The molecule has 2 aromatic rings. The highest BCUT2D eigenvalue weighted by atomic mass is 16.5. The molecule has 4 rings (SSSR count). The second-order valence-corrected chi connectivity index (χ2v) is 6.87. The van der Waals surface area contributed by atoms with Crippen LogP contribution in [0.25, 0.3) is 0 Å². The molecular weight excluding hydrogens is 358 g/mol. The number of carbonyl (C=O) groups excluding carboxylic acids is 2. The van der Waals surface area contributed by atoms with E-state index in [1.807, 2.05) is 23.1 Å². The summed E-state index contributed by atoms with van der Waals surface area (Å²) in [5, 5.41) is 5.07. The molecule has 0 aliphatic carbocycles. The molecule has 2 aliphatic rings. The van der Waals surface area contributed by atoms with Crippen molar-refractivity contribution in [2.45, 2.75) is 19.3 Å². The van der Waals surface area contributed by atoms with Crippen molar-refractivity contribution in [3.05, 3.63) is 48.0 Å². The average Bonchev–Trinajstić information content (AvgIpc) is 2.93. The van der Waals surface area contributed by atoms with Gasteiger partial charge in [-0.05, 0) is 36.6 Å². The molecule has 2 aromatic carbocycles. The highest BCUT2D eigenvalue weighted by Gasteiger charge is 2.20. The first-order valence-electron chi connectivity index (χ1n) is 9.52. The van der Waals surface area contributed by atoms with Crippen molar-refractivity contribution < 1.29 is 19.1 Å². The molecule has 0 aromatic heterocycles. The van der Waals surface area contributed by atoms with Crippen LogP contribution in [0.1, 0.15) is 18.4 Å². The number of carbonyl (C=O) groups is 2. The molecule has 0 atom stereocenters. The summed E-state index contributed by atoms with van der Waals surface area (Å²) in [6.45, 7) is 2.12. The number of ether oxygens (including phenoxy) is 2. The Morgan fingerprint density at radius 3 is 2.71 bits per heavy atom. The molecule has 3 amide bonds. The molecule has 7 nitrogen and oxygen atoms in total. The summed E-state index contributed by atoms with van der Waals surface area (Å²) >= 11 is 0. The van der Waals surface area contributed by atoms with Crippen LogP contribution in [0.3, 0.4) is 0 Å². The minimum absolute atomic E-state index is 0.144. The Bertz CT molecular complexity index is 884. The molecule has 0 saturated heterocycles. The lowest BCUT2D eigenvalue weighted by atomic mass is 10.0. The number of rotatable bonds is 3. The maximum Gasteiger partial charge on any atom is 0.325 e. The molecule has 146 valence electrons. The number of nitrogens with zero attached hydrogens (tertiary/aromatic N) is 1. The number of amides is 3. The van der Waals surface area contributed by atoms with Crippen molar-refractivity contribution in [2.75, 3.05) is 36.5 Å². The molecule has 7 heteroatoms. The zero-order valence-corrected chi connectivity index (χ0v) is 15.6. The number of hydrogen-bond acceptors (Lipinski definition) is 5. The zero-order valence-electron chi connectivity index (χ0n) is 15.6. The lowest BCUT2D eigenvalue weighted by Gasteiger charge is -2.30. The van der Waals surface area contributed by atoms with Crippen LogP contribution in [0.4, 0.5) is 16.2 Å². The van der Waals surface area contributed by atoms with Crippen molar-refractivity contribution in [3.63, 3.8) is 0 Å². The predicted octanol–water partition coefficient (Wildman–Crippen LogP) is 2.95. The number of nitrogens with one attached hydrogen (secondary N) is 2. The molecule has 0 radical (unpaired) electrons. The zero-order chi connectivity index (χ0) is 19.3. The van der Waals surface area contributed by atoms with Crippen LogP contribution in [0, 0.1) is 0 Å². The van der Waals surface area contributed by atoms with Gasteiger partial charge >= 0.3 is 6.03 Å². The predicted molar refractivity (Wildman–Crippen MR) is 106 cm³/mol. The SMILES string of the molecule is O=C(CN1CCCc2ccccc21)NC(=O)Nc1ccc2c(c1)OCCCO2. The van der Waals surface area contributed by atoms with E-state index in [0.29, 0.717) is 30.4 Å². The second-order valence-electron chi connectivity index (χ2n) is 6.87. The largest absolute Gasteiger partial charge is 0.490 e. The summed E-state index contributed by atoms with van der Waals surface area (Å²) < 4.78 is 11.2. The molecular formula is C21H23N3O4. The van der Waals surface area contributed by atoms with E-state index < -0.39 is 6.03 Å². The Kier molecular flexibility index (Phi) is 5.32. The number of urea groups is 1. The third-order valence-corrected chi connectivity index (χ3v) is 4.80.